The number of hydrogen-bond donors (Lipinski definition) is 1. The summed E-state index contributed by atoms with van der Waals surface area (Å²) in [6.45, 7) is 15.5. The van der Waals surface area contributed by atoms with E-state index in [0.717, 1.165) is 13.2 Å². The average Bonchev–Trinajstić information content (AvgIpc) is 3.58. The van der Waals surface area contributed by atoms with E-state index in [1.165, 1.54) is 34.1 Å². The van der Waals surface area contributed by atoms with Gasteiger partial charge in [-0.25, -0.2) is 0 Å². The molecule has 1 aliphatic heterocycles. The molecule has 0 bridgehead atoms. The molecule has 1 N–H and O–H groups in total. The van der Waals surface area contributed by atoms with Gasteiger partial charge in [-0.3, -0.25) is 4.74 Å². The van der Waals surface area contributed by atoms with Crippen molar-refractivity contribution >= 4 is 40.8 Å². The van der Waals surface area contributed by atoms with Gasteiger partial charge in [0.05, 0.1) is 0 Å². The van der Waals surface area contributed by atoms with Crippen LogP contribution >= 0.6 is 14.1 Å². The molecule has 0 unspecified atom stereocenters. The molecule has 3 nitrogen and oxygen atoms in total. The number of ether oxygens (including phenoxy) is 1. The van der Waals surface area contributed by atoms with Crippen LogP contribution in [0.25, 0.3) is 5.09 Å². The molecule has 5 rings (SSSR count). The van der Waals surface area contributed by atoms with Gasteiger partial charge >= 0.3 is 18.9 Å². The van der Waals surface area contributed by atoms with Crippen molar-refractivity contribution in [2.75, 3.05) is 13.2 Å². The van der Waals surface area contributed by atoms with Crippen LogP contribution in [0.1, 0.15) is 54.4 Å². The summed E-state index contributed by atoms with van der Waals surface area (Å²) in [5.74, 6) is 0. The third kappa shape index (κ3) is 9.71. The van der Waals surface area contributed by atoms with E-state index in [4.69, 9.17) is 9.82 Å². The number of hydrogen-bond acceptors (Lipinski definition) is 1. The Hall–Kier alpha value is -2.07. The van der Waals surface area contributed by atoms with E-state index >= 15 is 0 Å². The van der Waals surface area contributed by atoms with Crippen LogP contribution in [0.2, 0.25) is 0 Å². The van der Waals surface area contributed by atoms with E-state index in [9.17, 15) is 0 Å². The van der Waals surface area contributed by atoms with Crippen molar-refractivity contribution in [3.05, 3.63) is 126 Å². The molecule has 0 radical (unpaired) electrons. The van der Waals surface area contributed by atoms with Crippen molar-refractivity contribution < 1.29 is 28.3 Å². The molecule has 1 aliphatic rings. The summed E-state index contributed by atoms with van der Waals surface area (Å²) >= 11 is 0. The van der Waals surface area contributed by atoms with E-state index in [0.29, 0.717) is 0 Å². The van der Waals surface area contributed by atoms with E-state index in [-0.39, 0.29) is 29.9 Å². The smallest absolute Gasteiger partial charge is 0.623 e. The van der Waals surface area contributed by atoms with Crippen LogP contribution in [0, 0.1) is 0 Å². The maximum absolute atomic E-state index is 5.79. The summed E-state index contributed by atoms with van der Waals surface area (Å²) in [6, 6.07) is 43.9. The Kier molecular flexibility index (Phi) is 13.0. The van der Waals surface area contributed by atoms with Gasteiger partial charge in [0.25, 0.3) is 0 Å². The summed E-state index contributed by atoms with van der Waals surface area (Å²) < 4.78 is 9.15. The van der Waals surface area contributed by atoms with Gasteiger partial charge in [0.2, 0.25) is 0 Å². The topological polar surface area (TPSA) is 37.3 Å². The molecule has 0 aliphatic carbocycles. The molecule has 1 heterocycles. The van der Waals surface area contributed by atoms with Crippen molar-refractivity contribution in [3.8, 4) is 0 Å². The second kappa shape index (κ2) is 15.8. The van der Waals surface area contributed by atoms with Crippen molar-refractivity contribution in [1.29, 1.82) is 0 Å². The molecule has 4 aromatic carbocycles. The minimum Gasteiger partial charge on any atom is -0.623 e. The Labute approximate surface area is 273 Å². The van der Waals surface area contributed by atoms with Crippen LogP contribution in [0.3, 0.4) is 0 Å². The predicted molar refractivity (Wildman–Crippen MR) is 188 cm³/mol. The zero-order valence-electron chi connectivity index (χ0n) is 27.2. The van der Waals surface area contributed by atoms with Gasteiger partial charge in [0.15, 0.2) is 7.05 Å². The zero-order chi connectivity index (χ0) is 30.1. The number of nitrogens with one attached hydrogen (secondary N) is 1. The minimum atomic E-state index is -2.37. The fourth-order valence-electron chi connectivity index (χ4n) is 5.26. The van der Waals surface area contributed by atoms with Gasteiger partial charge in [-0.05, 0) is 74.0 Å². The molecule has 0 amide bonds. The first kappa shape index (κ1) is 35.4. The zero-order valence-corrected chi connectivity index (χ0v) is 29.0. The fraction of sp³-hybridized carbons (Fsp3) is 0.324. The first-order chi connectivity index (χ1) is 20.0. The summed E-state index contributed by atoms with van der Waals surface area (Å²) in [5.41, 5.74) is 2.31. The quantitative estimate of drug-likeness (QED) is 0.262. The van der Waals surface area contributed by atoms with Crippen LogP contribution in [0.5, 0.6) is 0 Å². The van der Waals surface area contributed by atoms with Crippen LogP contribution in [0.15, 0.2) is 121 Å². The molecule has 1 saturated heterocycles. The molecule has 1 fully saturated rings. The van der Waals surface area contributed by atoms with Gasteiger partial charge in [-0.2, -0.15) is 0 Å². The molecule has 222 valence electrons. The molecule has 0 aromatic heterocycles. The van der Waals surface area contributed by atoms with Crippen LogP contribution < -0.4 is 44.8 Å². The Morgan fingerprint density at radius 3 is 1.21 bits per heavy atom. The average molecular weight is 606 g/mol. The van der Waals surface area contributed by atoms with Crippen molar-refractivity contribution in [2.24, 2.45) is 0 Å². The van der Waals surface area contributed by atoms with Gasteiger partial charge < -0.3 is 9.82 Å². The SMILES string of the molecule is C1CCOC1.CC(C)(C)[N-]P(=CP(=[NH+]C(C)(C)C)(c1ccccc1)c1ccccc1)(c1ccccc1)c1ccccc1.[Li+]. The molecule has 0 atom stereocenters. The first-order valence-electron chi connectivity index (χ1n) is 15.0. The molecule has 0 spiro atoms. The molecule has 4 aromatic rings. The second-order valence-corrected chi connectivity index (χ2v) is 19.0. The Bertz CT molecular complexity index is 1400. The molecular formula is C37H48LiN2OP2+. The normalized spacial score (nSPS) is 13.7. The van der Waals surface area contributed by atoms with Crippen molar-refractivity contribution in [3.63, 3.8) is 0 Å². The van der Waals surface area contributed by atoms with E-state index in [2.05, 4.69) is 173 Å². The third-order valence-corrected chi connectivity index (χ3v) is 15.8. The van der Waals surface area contributed by atoms with Gasteiger partial charge in [0.1, 0.15) is 5.54 Å². The van der Waals surface area contributed by atoms with E-state index in [1.807, 2.05) is 0 Å². The number of benzene rings is 4. The van der Waals surface area contributed by atoms with Gasteiger partial charge in [-0.15, -0.1) is 12.6 Å². The maximum atomic E-state index is 5.79. The first-order valence-corrected chi connectivity index (χ1v) is 18.7. The van der Waals surface area contributed by atoms with Crippen LogP contribution in [-0.4, -0.2) is 29.8 Å². The Morgan fingerprint density at radius 2 is 0.930 bits per heavy atom. The molecular weight excluding hydrogens is 557 g/mol. The van der Waals surface area contributed by atoms with Crippen molar-refractivity contribution in [1.82, 2.24) is 0 Å². The standard InChI is InChI=1S/C33H39N2P2.C4H8O.Li/c1-32(2,3)34-36(28-19-11-7-12-20-28,29-21-13-8-14-22-29)27-37(35-33(4,5)6,30-23-15-9-16-24-30)31-25-17-10-18-26-31;1-2-4-5-3-1;/h7-27H,1-6H3;1-4H2;/q-1;;+1/p+1. The summed E-state index contributed by atoms with van der Waals surface area (Å²) in [5, 5.41) is 11.0. The summed E-state index contributed by atoms with van der Waals surface area (Å²) in [7, 11) is -4.65. The van der Waals surface area contributed by atoms with E-state index in [1.54, 1.807) is 0 Å². The largest absolute Gasteiger partial charge is 1.00 e. The van der Waals surface area contributed by atoms with E-state index < -0.39 is 14.1 Å². The number of nitrogens with zero attached hydrogens (tertiary/aromatic N) is 1. The van der Waals surface area contributed by atoms with Crippen molar-refractivity contribution in [2.45, 2.75) is 65.5 Å². The van der Waals surface area contributed by atoms with Crippen LogP contribution in [0.4, 0.5) is 0 Å². The second-order valence-electron chi connectivity index (χ2n) is 12.8. The molecule has 43 heavy (non-hydrogen) atoms. The molecule has 0 saturated carbocycles. The summed E-state index contributed by atoms with van der Waals surface area (Å²) in [6.07, 6.45) is 2.56. The molecule has 6 heteroatoms. The maximum Gasteiger partial charge on any atom is 1.00 e. The van der Waals surface area contributed by atoms with Gasteiger partial charge in [-0.1, -0.05) is 118 Å². The Morgan fingerprint density at radius 1 is 0.581 bits per heavy atom. The van der Waals surface area contributed by atoms with Gasteiger partial charge in [0, 0.05) is 23.8 Å². The summed E-state index contributed by atoms with van der Waals surface area (Å²) in [4.78, 5) is 0. The third-order valence-electron chi connectivity index (χ3n) is 6.76. The minimum absolute atomic E-state index is 0. The monoisotopic (exact) mass is 605 g/mol. The Balaban J connectivity index is 0.000000765. The van der Waals surface area contributed by atoms with Crippen LogP contribution in [-0.2, 0) is 4.74 Å². The number of rotatable bonds is 6. The fourth-order valence-corrected chi connectivity index (χ4v) is 15.5. The predicted octanol–water partition coefficient (Wildman–Crippen LogP) is 4.03.